The van der Waals surface area contributed by atoms with Crippen LogP contribution in [0.5, 0.6) is 0 Å². The van der Waals surface area contributed by atoms with Gasteiger partial charge in [-0.2, -0.15) is 0 Å². The molecular weight excluding hydrogens is 242 g/mol. The lowest BCUT2D eigenvalue weighted by Crippen LogP contribution is -1.97. The molecule has 90 valence electrons. The lowest BCUT2D eigenvalue weighted by Gasteiger charge is -2.05. The number of rotatable bonds is 2. The molecule has 1 heterocycles. The van der Waals surface area contributed by atoms with Gasteiger partial charge in [0.05, 0.1) is 16.7 Å². The standard InChI is InChI=1S/C14H13N3S/c15-11-6-7-12-13(14(11)18)16-9-17(12)8-10-4-2-1-3-5-10/h1-7,9,18H,8,15H2. The van der Waals surface area contributed by atoms with Crippen molar-refractivity contribution in [1.82, 2.24) is 9.55 Å². The van der Waals surface area contributed by atoms with Crippen LogP contribution in [0.2, 0.25) is 0 Å². The van der Waals surface area contributed by atoms with E-state index >= 15 is 0 Å². The van der Waals surface area contributed by atoms with E-state index in [2.05, 4.69) is 34.3 Å². The van der Waals surface area contributed by atoms with Crippen molar-refractivity contribution in [3.63, 3.8) is 0 Å². The van der Waals surface area contributed by atoms with Crippen LogP contribution in [0.3, 0.4) is 0 Å². The zero-order chi connectivity index (χ0) is 12.5. The average molecular weight is 255 g/mol. The van der Waals surface area contributed by atoms with Crippen LogP contribution >= 0.6 is 12.6 Å². The fourth-order valence-corrected chi connectivity index (χ4v) is 2.29. The van der Waals surface area contributed by atoms with Crippen molar-refractivity contribution in [2.24, 2.45) is 0 Å². The van der Waals surface area contributed by atoms with E-state index < -0.39 is 0 Å². The van der Waals surface area contributed by atoms with Crippen LogP contribution in [0, 0.1) is 0 Å². The Kier molecular flexibility index (Phi) is 2.72. The molecule has 18 heavy (non-hydrogen) atoms. The number of nitrogens with zero attached hydrogens (tertiary/aromatic N) is 2. The monoisotopic (exact) mass is 255 g/mol. The summed E-state index contributed by atoms with van der Waals surface area (Å²) in [4.78, 5) is 5.13. The predicted octanol–water partition coefficient (Wildman–Crippen LogP) is 2.96. The number of nitrogen functional groups attached to an aromatic ring is 1. The van der Waals surface area contributed by atoms with Crippen LogP contribution < -0.4 is 5.73 Å². The molecule has 0 amide bonds. The van der Waals surface area contributed by atoms with Gasteiger partial charge in [-0.1, -0.05) is 30.3 Å². The number of anilines is 1. The number of aromatic nitrogens is 2. The summed E-state index contributed by atoms with van der Waals surface area (Å²) >= 11 is 4.40. The first kappa shape index (κ1) is 11.2. The first-order valence-electron chi connectivity index (χ1n) is 5.72. The van der Waals surface area contributed by atoms with Gasteiger partial charge in [0.25, 0.3) is 0 Å². The Bertz CT molecular complexity index is 689. The molecule has 0 aliphatic carbocycles. The molecule has 2 N–H and O–H groups in total. The summed E-state index contributed by atoms with van der Waals surface area (Å²) in [6.07, 6.45) is 1.83. The number of benzene rings is 2. The highest BCUT2D eigenvalue weighted by atomic mass is 32.1. The normalized spacial score (nSPS) is 10.9. The van der Waals surface area contributed by atoms with Gasteiger partial charge in [-0.15, -0.1) is 12.6 Å². The second-order valence-corrected chi connectivity index (χ2v) is 4.68. The lowest BCUT2D eigenvalue weighted by molar-refractivity contribution is 0.824. The Morgan fingerprint density at radius 2 is 1.89 bits per heavy atom. The van der Waals surface area contributed by atoms with Gasteiger partial charge in [-0.25, -0.2) is 4.98 Å². The van der Waals surface area contributed by atoms with Crippen molar-refractivity contribution < 1.29 is 0 Å². The smallest absolute Gasteiger partial charge is 0.104 e. The quantitative estimate of drug-likeness (QED) is 0.546. The van der Waals surface area contributed by atoms with Crippen LogP contribution in [0.15, 0.2) is 53.7 Å². The van der Waals surface area contributed by atoms with Gasteiger partial charge in [0.2, 0.25) is 0 Å². The van der Waals surface area contributed by atoms with Crippen LogP contribution in [0.1, 0.15) is 5.56 Å². The van der Waals surface area contributed by atoms with Crippen LogP contribution in [0.25, 0.3) is 11.0 Å². The number of fused-ring (bicyclic) bond motifs is 1. The van der Waals surface area contributed by atoms with Crippen molar-refractivity contribution in [2.75, 3.05) is 5.73 Å². The molecule has 3 nitrogen and oxygen atoms in total. The molecule has 2 aromatic carbocycles. The van der Waals surface area contributed by atoms with Gasteiger partial charge in [0.15, 0.2) is 0 Å². The minimum absolute atomic E-state index is 0.663. The maximum atomic E-state index is 5.82. The van der Waals surface area contributed by atoms with Gasteiger partial charge in [0, 0.05) is 12.2 Å². The van der Waals surface area contributed by atoms with Crippen LogP contribution in [-0.2, 0) is 6.54 Å². The van der Waals surface area contributed by atoms with Crippen molar-refractivity contribution in [2.45, 2.75) is 11.4 Å². The summed E-state index contributed by atoms with van der Waals surface area (Å²) in [7, 11) is 0. The maximum absolute atomic E-state index is 5.82. The third kappa shape index (κ3) is 1.84. The molecule has 4 heteroatoms. The zero-order valence-electron chi connectivity index (χ0n) is 9.74. The molecule has 0 saturated heterocycles. The second kappa shape index (κ2) is 4.38. The molecule has 0 unspecified atom stereocenters. The zero-order valence-corrected chi connectivity index (χ0v) is 10.6. The van der Waals surface area contributed by atoms with Gasteiger partial charge >= 0.3 is 0 Å². The van der Waals surface area contributed by atoms with E-state index in [0.717, 1.165) is 22.5 Å². The Morgan fingerprint density at radius 1 is 1.11 bits per heavy atom. The molecule has 0 saturated carbocycles. The number of nitrogens with two attached hydrogens (primary N) is 1. The second-order valence-electron chi connectivity index (χ2n) is 4.23. The highest BCUT2D eigenvalue weighted by Gasteiger charge is 2.07. The molecule has 0 aliphatic rings. The molecule has 0 radical (unpaired) electrons. The minimum atomic E-state index is 0.663. The SMILES string of the molecule is Nc1ccc2c(ncn2Cc2ccccc2)c1S. The van der Waals surface area contributed by atoms with Gasteiger partial charge < -0.3 is 10.3 Å². The van der Waals surface area contributed by atoms with E-state index in [0.29, 0.717) is 5.69 Å². The number of hydrogen-bond donors (Lipinski definition) is 2. The Morgan fingerprint density at radius 3 is 2.67 bits per heavy atom. The summed E-state index contributed by atoms with van der Waals surface area (Å²) in [6, 6.07) is 14.2. The van der Waals surface area contributed by atoms with Crippen LogP contribution in [-0.4, -0.2) is 9.55 Å². The third-order valence-corrected chi connectivity index (χ3v) is 3.46. The summed E-state index contributed by atoms with van der Waals surface area (Å²) in [5.41, 5.74) is 9.64. The maximum Gasteiger partial charge on any atom is 0.104 e. The Balaban J connectivity index is 2.06. The van der Waals surface area contributed by atoms with E-state index in [1.807, 2.05) is 36.7 Å². The Hall–Kier alpha value is -1.94. The third-order valence-electron chi connectivity index (χ3n) is 2.99. The fraction of sp³-hybridized carbons (Fsp3) is 0.0714. The molecule has 0 bridgehead atoms. The average Bonchev–Trinajstić information content (AvgIpc) is 2.79. The van der Waals surface area contributed by atoms with Crippen molar-refractivity contribution in [1.29, 1.82) is 0 Å². The molecule has 3 aromatic rings. The largest absolute Gasteiger partial charge is 0.398 e. The van der Waals surface area contributed by atoms with E-state index in [9.17, 15) is 0 Å². The topological polar surface area (TPSA) is 43.8 Å². The van der Waals surface area contributed by atoms with E-state index in [4.69, 9.17) is 5.73 Å². The molecule has 0 atom stereocenters. The summed E-state index contributed by atoms with van der Waals surface area (Å²) in [5, 5.41) is 0. The van der Waals surface area contributed by atoms with Gasteiger partial charge in [-0.3, -0.25) is 0 Å². The van der Waals surface area contributed by atoms with E-state index in [1.165, 1.54) is 5.56 Å². The van der Waals surface area contributed by atoms with Crippen molar-refractivity contribution >= 4 is 29.3 Å². The Labute approximate surface area is 111 Å². The van der Waals surface area contributed by atoms with Gasteiger partial charge in [-0.05, 0) is 17.7 Å². The van der Waals surface area contributed by atoms with E-state index in [-0.39, 0.29) is 0 Å². The molecule has 1 aromatic heterocycles. The summed E-state index contributed by atoms with van der Waals surface area (Å²) in [6.45, 7) is 0.800. The number of thiol groups is 1. The minimum Gasteiger partial charge on any atom is -0.398 e. The van der Waals surface area contributed by atoms with Crippen molar-refractivity contribution in [3.05, 3.63) is 54.4 Å². The fourth-order valence-electron chi connectivity index (χ4n) is 2.04. The molecule has 0 aliphatic heterocycles. The first-order valence-corrected chi connectivity index (χ1v) is 6.16. The molecule has 0 fully saturated rings. The highest BCUT2D eigenvalue weighted by molar-refractivity contribution is 7.80. The summed E-state index contributed by atoms with van der Waals surface area (Å²) < 4.78 is 2.10. The first-order chi connectivity index (χ1) is 8.75. The molecule has 0 spiro atoms. The van der Waals surface area contributed by atoms with E-state index in [1.54, 1.807) is 0 Å². The van der Waals surface area contributed by atoms with Crippen molar-refractivity contribution in [3.8, 4) is 0 Å². The predicted molar refractivity (Wildman–Crippen MR) is 76.9 cm³/mol. The van der Waals surface area contributed by atoms with Gasteiger partial charge in [0.1, 0.15) is 5.52 Å². The van der Waals surface area contributed by atoms with Crippen LogP contribution in [0.4, 0.5) is 5.69 Å². The number of imidazole rings is 1. The molecule has 3 rings (SSSR count). The summed E-state index contributed by atoms with van der Waals surface area (Å²) in [5.74, 6) is 0. The highest BCUT2D eigenvalue weighted by Crippen LogP contribution is 2.26. The number of hydrogen-bond acceptors (Lipinski definition) is 3. The molecular formula is C14H13N3S. The lowest BCUT2D eigenvalue weighted by atomic mass is 10.2.